The van der Waals surface area contributed by atoms with Gasteiger partial charge in [-0.1, -0.05) is 0 Å². The fourth-order valence-corrected chi connectivity index (χ4v) is 4.13. The van der Waals surface area contributed by atoms with Crippen molar-refractivity contribution in [2.75, 3.05) is 69.8 Å². The Balaban J connectivity index is 1.44. The molecule has 1 N–H and O–H groups in total. The Morgan fingerprint density at radius 2 is 2.00 bits per heavy atom. The van der Waals surface area contributed by atoms with Gasteiger partial charge in [0.25, 0.3) is 0 Å². The molecular formula is C20H29N5O2. The van der Waals surface area contributed by atoms with Gasteiger partial charge in [0.1, 0.15) is 17.7 Å². The molecule has 7 heteroatoms. The average Bonchev–Trinajstić information content (AvgIpc) is 2.68. The van der Waals surface area contributed by atoms with Crippen molar-refractivity contribution in [2.24, 2.45) is 0 Å². The van der Waals surface area contributed by atoms with Crippen molar-refractivity contribution >= 4 is 22.4 Å². The van der Waals surface area contributed by atoms with E-state index in [1.54, 1.807) is 6.33 Å². The lowest BCUT2D eigenvalue weighted by atomic mass is 9.96. The number of hydrogen-bond donors (Lipinski definition) is 1. The summed E-state index contributed by atoms with van der Waals surface area (Å²) in [5, 5.41) is 11.8. The van der Waals surface area contributed by atoms with Crippen molar-refractivity contribution < 1.29 is 9.84 Å². The lowest BCUT2D eigenvalue weighted by molar-refractivity contribution is -0.100. The van der Waals surface area contributed by atoms with Gasteiger partial charge in [0.05, 0.1) is 12.1 Å². The smallest absolute Gasteiger partial charge is 0.139 e. The number of fused-ring (bicyclic) bond motifs is 1. The summed E-state index contributed by atoms with van der Waals surface area (Å²) in [4.78, 5) is 15.6. The highest BCUT2D eigenvalue weighted by molar-refractivity contribution is 5.91. The molecule has 1 atom stereocenters. The standard InChI is InChI=1S/C20H29N5O2/c1-23(2)19-17-12-16(4-5-18(17)21-15-22-19)25-9-7-24(8-10-25)13-20(26)6-3-11-27-14-20/h4-5,12,15,26H,3,6-11,13-14H2,1-2H3. The topological polar surface area (TPSA) is 65.0 Å². The van der Waals surface area contributed by atoms with E-state index in [-0.39, 0.29) is 0 Å². The van der Waals surface area contributed by atoms with Gasteiger partial charge in [-0.2, -0.15) is 0 Å². The van der Waals surface area contributed by atoms with Crippen LogP contribution in [0.4, 0.5) is 11.5 Å². The number of aliphatic hydroxyl groups is 1. The molecule has 4 rings (SSSR count). The number of benzene rings is 1. The van der Waals surface area contributed by atoms with Crippen molar-refractivity contribution in [1.29, 1.82) is 0 Å². The number of rotatable bonds is 4. The molecule has 0 bridgehead atoms. The Morgan fingerprint density at radius 1 is 1.19 bits per heavy atom. The van der Waals surface area contributed by atoms with Crippen molar-refractivity contribution in [3.63, 3.8) is 0 Å². The fourth-order valence-electron chi connectivity index (χ4n) is 4.13. The first-order chi connectivity index (χ1) is 13.0. The maximum Gasteiger partial charge on any atom is 0.139 e. The minimum absolute atomic E-state index is 0.463. The van der Waals surface area contributed by atoms with Gasteiger partial charge in [0, 0.05) is 64.5 Å². The van der Waals surface area contributed by atoms with Crippen LogP contribution in [0.25, 0.3) is 10.9 Å². The highest BCUT2D eigenvalue weighted by atomic mass is 16.5. The van der Waals surface area contributed by atoms with Crippen molar-refractivity contribution in [3.8, 4) is 0 Å². The van der Waals surface area contributed by atoms with Crippen molar-refractivity contribution in [3.05, 3.63) is 24.5 Å². The molecule has 2 aliphatic heterocycles. The molecule has 27 heavy (non-hydrogen) atoms. The molecule has 7 nitrogen and oxygen atoms in total. The first-order valence-electron chi connectivity index (χ1n) is 9.74. The number of ether oxygens (including phenoxy) is 1. The van der Waals surface area contributed by atoms with Crippen molar-refractivity contribution in [1.82, 2.24) is 14.9 Å². The predicted molar refractivity (Wildman–Crippen MR) is 108 cm³/mol. The van der Waals surface area contributed by atoms with E-state index in [1.807, 2.05) is 19.0 Å². The summed E-state index contributed by atoms with van der Waals surface area (Å²) >= 11 is 0. The lowest BCUT2D eigenvalue weighted by Gasteiger charge is -2.41. The van der Waals surface area contributed by atoms with Crippen LogP contribution in [0, 0.1) is 0 Å². The third-order valence-electron chi connectivity index (χ3n) is 5.58. The van der Waals surface area contributed by atoms with Crippen LogP contribution in [0.2, 0.25) is 0 Å². The normalized spacial score (nSPS) is 24.3. The van der Waals surface area contributed by atoms with Crippen LogP contribution >= 0.6 is 0 Å². The van der Waals surface area contributed by atoms with Gasteiger partial charge in [-0.15, -0.1) is 0 Å². The second-order valence-corrected chi connectivity index (χ2v) is 7.94. The quantitative estimate of drug-likeness (QED) is 0.870. The molecule has 2 saturated heterocycles. The van der Waals surface area contributed by atoms with Gasteiger partial charge in [0.15, 0.2) is 0 Å². The van der Waals surface area contributed by atoms with E-state index < -0.39 is 5.60 Å². The van der Waals surface area contributed by atoms with E-state index in [4.69, 9.17) is 4.74 Å². The summed E-state index contributed by atoms with van der Waals surface area (Å²) in [6.45, 7) is 5.75. The van der Waals surface area contributed by atoms with E-state index in [0.29, 0.717) is 13.2 Å². The molecule has 2 aliphatic rings. The van der Waals surface area contributed by atoms with Crippen LogP contribution in [0.15, 0.2) is 24.5 Å². The van der Waals surface area contributed by atoms with Crippen LogP contribution in [0.3, 0.4) is 0 Å². The van der Waals surface area contributed by atoms with Gasteiger partial charge < -0.3 is 19.6 Å². The highest BCUT2D eigenvalue weighted by Crippen LogP contribution is 2.28. The van der Waals surface area contributed by atoms with E-state index in [0.717, 1.165) is 62.3 Å². The van der Waals surface area contributed by atoms with Crippen LogP contribution in [0.1, 0.15) is 12.8 Å². The zero-order valence-corrected chi connectivity index (χ0v) is 16.3. The minimum Gasteiger partial charge on any atom is -0.386 e. The summed E-state index contributed by atoms with van der Waals surface area (Å²) < 4.78 is 5.49. The molecule has 3 heterocycles. The Bertz CT molecular complexity index is 783. The lowest BCUT2D eigenvalue weighted by Crippen LogP contribution is -2.54. The average molecular weight is 371 g/mol. The summed E-state index contributed by atoms with van der Waals surface area (Å²) in [5.74, 6) is 0.944. The van der Waals surface area contributed by atoms with E-state index in [9.17, 15) is 5.11 Å². The van der Waals surface area contributed by atoms with Crippen LogP contribution in [-0.4, -0.2) is 85.6 Å². The molecule has 146 valence electrons. The Kier molecular flexibility index (Phi) is 5.16. The number of hydrogen-bond acceptors (Lipinski definition) is 7. The SMILES string of the molecule is CN(C)c1ncnc2ccc(N3CCN(CC4(O)CCCOC4)CC3)cc12. The molecule has 0 saturated carbocycles. The molecule has 1 aromatic heterocycles. The van der Waals surface area contributed by atoms with E-state index in [1.165, 1.54) is 5.69 Å². The maximum absolute atomic E-state index is 10.7. The molecule has 2 aromatic rings. The second-order valence-electron chi connectivity index (χ2n) is 7.94. The molecule has 1 aromatic carbocycles. The Hall–Kier alpha value is -1.96. The van der Waals surface area contributed by atoms with Crippen LogP contribution < -0.4 is 9.80 Å². The Morgan fingerprint density at radius 3 is 2.70 bits per heavy atom. The molecule has 0 aliphatic carbocycles. The zero-order chi connectivity index (χ0) is 18.9. The predicted octanol–water partition coefficient (Wildman–Crippen LogP) is 1.36. The van der Waals surface area contributed by atoms with Gasteiger partial charge in [-0.3, -0.25) is 4.90 Å². The summed E-state index contributed by atoms with van der Waals surface area (Å²) in [6, 6.07) is 6.42. The van der Waals surface area contributed by atoms with E-state index in [2.05, 4.69) is 38.0 Å². The van der Waals surface area contributed by atoms with E-state index >= 15 is 0 Å². The minimum atomic E-state index is -0.679. The second kappa shape index (κ2) is 7.58. The molecular weight excluding hydrogens is 342 g/mol. The van der Waals surface area contributed by atoms with Gasteiger partial charge >= 0.3 is 0 Å². The zero-order valence-electron chi connectivity index (χ0n) is 16.3. The van der Waals surface area contributed by atoms with Gasteiger partial charge in [0.2, 0.25) is 0 Å². The fraction of sp³-hybridized carbons (Fsp3) is 0.600. The largest absolute Gasteiger partial charge is 0.386 e. The monoisotopic (exact) mass is 371 g/mol. The maximum atomic E-state index is 10.7. The first kappa shape index (κ1) is 18.4. The van der Waals surface area contributed by atoms with Crippen LogP contribution in [0.5, 0.6) is 0 Å². The van der Waals surface area contributed by atoms with Gasteiger partial charge in [-0.05, 0) is 31.0 Å². The third-order valence-corrected chi connectivity index (χ3v) is 5.58. The van der Waals surface area contributed by atoms with Crippen LogP contribution in [-0.2, 0) is 4.74 Å². The Labute approximate surface area is 160 Å². The number of aromatic nitrogens is 2. The number of nitrogens with zero attached hydrogens (tertiary/aromatic N) is 5. The summed E-state index contributed by atoms with van der Waals surface area (Å²) in [5.41, 5.74) is 1.50. The van der Waals surface area contributed by atoms with Gasteiger partial charge in [-0.25, -0.2) is 9.97 Å². The molecule has 0 amide bonds. The molecule has 0 spiro atoms. The molecule has 2 fully saturated rings. The summed E-state index contributed by atoms with van der Waals surface area (Å²) in [7, 11) is 4.01. The first-order valence-corrected chi connectivity index (χ1v) is 9.74. The molecule has 1 unspecified atom stereocenters. The number of β-amino-alcohol motifs (C(OH)–C–C–N with tert-alkyl or cyclic N) is 1. The summed E-state index contributed by atoms with van der Waals surface area (Å²) in [6.07, 6.45) is 3.41. The van der Waals surface area contributed by atoms with Crippen molar-refractivity contribution in [2.45, 2.75) is 18.4 Å². The third kappa shape index (κ3) is 4.00. The number of anilines is 2. The highest BCUT2D eigenvalue weighted by Gasteiger charge is 2.33. The molecule has 0 radical (unpaired) electrons. The number of piperazine rings is 1.